The lowest BCUT2D eigenvalue weighted by molar-refractivity contribution is -0.151. The number of hydrogen-bond acceptors (Lipinski definition) is 3. The molecule has 4 aromatic carbocycles. The van der Waals surface area contributed by atoms with E-state index in [9.17, 15) is 10.1 Å². The maximum atomic E-state index is 13.1. The van der Waals surface area contributed by atoms with E-state index in [1.165, 1.54) is 0 Å². The number of carbonyl (C=O) groups excluding carboxylic acids is 1. The molecule has 30 heavy (non-hydrogen) atoms. The van der Waals surface area contributed by atoms with Crippen LogP contribution in [-0.2, 0) is 9.53 Å². The quantitative estimate of drug-likeness (QED) is 0.378. The molecule has 0 aliphatic rings. The predicted molar refractivity (Wildman–Crippen MR) is 120 cm³/mol. The third kappa shape index (κ3) is 3.21. The van der Waals surface area contributed by atoms with E-state index in [4.69, 9.17) is 4.74 Å². The highest BCUT2D eigenvalue weighted by atomic mass is 16.5. The van der Waals surface area contributed by atoms with Gasteiger partial charge in [0.1, 0.15) is 0 Å². The summed E-state index contributed by atoms with van der Waals surface area (Å²) in [6.45, 7) is 3.69. The zero-order valence-corrected chi connectivity index (χ0v) is 17.1. The van der Waals surface area contributed by atoms with E-state index >= 15 is 0 Å². The lowest BCUT2D eigenvalue weighted by Gasteiger charge is -2.32. The number of benzene rings is 4. The van der Waals surface area contributed by atoms with Crippen LogP contribution in [0.25, 0.3) is 21.5 Å². The highest BCUT2D eigenvalue weighted by Crippen LogP contribution is 2.46. The van der Waals surface area contributed by atoms with Crippen molar-refractivity contribution in [2.24, 2.45) is 5.41 Å². The molecule has 4 rings (SSSR count). The van der Waals surface area contributed by atoms with Crippen molar-refractivity contribution in [3.05, 3.63) is 96.1 Å². The molecule has 1 atom stereocenters. The van der Waals surface area contributed by atoms with Crippen molar-refractivity contribution in [3.63, 3.8) is 0 Å². The Hall–Kier alpha value is -3.64. The Balaban J connectivity index is 2.08. The summed E-state index contributed by atoms with van der Waals surface area (Å²) in [4.78, 5) is 13.1. The van der Waals surface area contributed by atoms with Gasteiger partial charge in [-0.2, -0.15) is 5.26 Å². The van der Waals surface area contributed by atoms with Gasteiger partial charge in [-0.15, -0.1) is 0 Å². The van der Waals surface area contributed by atoms with E-state index in [1.807, 2.05) is 84.9 Å². The van der Waals surface area contributed by atoms with Crippen LogP contribution in [0.2, 0.25) is 0 Å². The minimum atomic E-state index is -1.38. The number of carbonyl (C=O) groups is 1. The maximum absolute atomic E-state index is 13.1. The van der Waals surface area contributed by atoms with Crippen molar-refractivity contribution in [3.8, 4) is 6.07 Å². The fourth-order valence-electron chi connectivity index (χ4n) is 4.30. The molecule has 3 heteroatoms. The minimum absolute atomic E-state index is 0.230. The van der Waals surface area contributed by atoms with E-state index in [0.29, 0.717) is 0 Å². The monoisotopic (exact) mass is 393 g/mol. The molecule has 3 nitrogen and oxygen atoms in total. The van der Waals surface area contributed by atoms with Crippen LogP contribution in [0.4, 0.5) is 0 Å². The van der Waals surface area contributed by atoms with E-state index in [0.717, 1.165) is 32.7 Å². The van der Waals surface area contributed by atoms with Gasteiger partial charge in [0.25, 0.3) is 0 Å². The van der Waals surface area contributed by atoms with Crippen molar-refractivity contribution >= 4 is 27.5 Å². The van der Waals surface area contributed by atoms with Gasteiger partial charge < -0.3 is 4.74 Å². The number of ether oxygens (including phenoxy) is 1. The van der Waals surface area contributed by atoms with E-state index < -0.39 is 17.3 Å². The SMILES string of the molecule is CCOC(=O)C(C)(C#N)C(c1cccc2ccccc12)c1cccc2ccccc12. The van der Waals surface area contributed by atoms with Crippen molar-refractivity contribution in [1.29, 1.82) is 5.26 Å². The summed E-state index contributed by atoms with van der Waals surface area (Å²) in [5.41, 5.74) is 0.507. The maximum Gasteiger partial charge on any atom is 0.327 e. The zero-order chi connectivity index (χ0) is 21.1. The number of nitrogens with zero attached hydrogens (tertiary/aromatic N) is 1. The summed E-state index contributed by atoms with van der Waals surface area (Å²) < 4.78 is 5.38. The molecule has 0 heterocycles. The Morgan fingerprint density at radius 1 is 0.867 bits per heavy atom. The summed E-state index contributed by atoms with van der Waals surface area (Å²) in [5, 5.41) is 14.5. The molecule has 0 radical (unpaired) electrons. The first-order valence-corrected chi connectivity index (χ1v) is 10.1. The lowest BCUT2D eigenvalue weighted by atomic mass is 9.69. The zero-order valence-electron chi connectivity index (χ0n) is 17.1. The largest absolute Gasteiger partial charge is 0.465 e. The lowest BCUT2D eigenvalue weighted by Crippen LogP contribution is -2.35. The molecule has 0 N–H and O–H groups in total. The molecule has 0 aromatic heterocycles. The third-order valence-electron chi connectivity index (χ3n) is 5.78. The van der Waals surface area contributed by atoms with Crippen LogP contribution >= 0.6 is 0 Å². The van der Waals surface area contributed by atoms with Crippen molar-refractivity contribution in [2.75, 3.05) is 6.61 Å². The van der Waals surface area contributed by atoms with Crippen LogP contribution in [0.15, 0.2) is 84.9 Å². The van der Waals surface area contributed by atoms with Gasteiger partial charge in [0, 0.05) is 5.92 Å². The second kappa shape index (κ2) is 8.00. The molecule has 0 aliphatic carbocycles. The van der Waals surface area contributed by atoms with Gasteiger partial charge in [0.05, 0.1) is 12.7 Å². The average Bonchev–Trinajstić information content (AvgIpc) is 2.79. The Labute approximate surface area is 176 Å². The van der Waals surface area contributed by atoms with Gasteiger partial charge in [0.2, 0.25) is 0 Å². The molecule has 0 spiro atoms. The average molecular weight is 393 g/mol. The Morgan fingerprint density at radius 2 is 1.33 bits per heavy atom. The van der Waals surface area contributed by atoms with Crippen LogP contribution in [-0.4, -0.2) is 12.6 Å². The van der Waals surface area contributed by atoms with Gasteiger partial charge >= 0.3 is 5.97 Å². The molecular formula is C27H23NO2. The van der Waals surface area contributed by atoms with Crippen molar-refractivity contribution < 1.29 is 9.53 Å². The Bertz CT molecular complexity index is 1180. The Kier molecular flexibility index (Phi) is 5.25. The number of hydrogen-bond donors (Lipinski definition) is 0. The van der Waals surface area contributed by atoms with Crippen molar-refractivity contribution in [2.45, 2.75) is 19.8 Å². The fraction of sp³-hybridized carbons (Fsp3) is 0.185. The number of rotatable bonds is 5. The van der Waals surface area contributed by atoms with Crippen LogP contribution in [0, 0.1) is 16.7 Å². The first kappa shape index (κ1) is 19.7. The normalized spacial score (nSPS) is 13.1. The van der Waals surface area contributed by atoms with Gasteiger partial charge in [-0.3, -0.25) is 4.79 Å². The molecule has 1 unspecified atom stereocenters. The van der Waals surface area contributed by atoms with E-state index in [-0.39, 0.29) is 6.61 Å². The first-order chi connectivity index (χ1) is 14.6. The number of fused-ring (bicyclic) bond motifs is 2. The van der Waals surface area contributed by atoms with Gasteiger partial charge in [-0.25, -0.2) is 0 Å². The molecule has 148 valence electrons. The standard InChI is InChI=1S/C27H23NO2/c1-3-30-26(29)27(2,18-28)25(23-16-8-12-19-10-4-6-14-21(19)23)24-17-9-13-20-11-5-7-15-22(20)24/h4-17,25H,3H2,1-2H3. The van der Waals surface area contributed by atoms with Crippen molar-refractivity contribution in [1.82, 2.24) is 0 Å². The van der Waals surface area contributed by atoms with E-state index in [2.05, 4.69) is 6.07 Å². The Morgan fingerprint density at radius 3 is 1.80 bits per heavy atom. The topological polar surface area (TPSA) is 50.1 Å². The smallest absolute Gasteiger partial charge is 0.327 e. The number of esters is 1. The highest BCUT2D eigenvalue weighted by molar-refractivity contribution is 5.93. The van der Waals surface area contributed by atoms with Gasteiger partial charge in [-0.1, -0.05) is 84.9 Å². The second-order valence-electron chi connectivity index (χ2n) is 7.60. The first-order valence-electron chi connectivity index (χ1n) is 10.1. The highest BCUT2D eigenvalue weighted by Gasteiger charge is 2.46. The minimum Gasteiger partial charge on any atom is -0.465 e. The molecule has 0 amide bonds. The summed E-state index contributed by atoms with van der Waals surface area (Å²) in [6, 6.07) is 30.6. The fourth-order valence-corrected chi connectivity index (χ4v) is 4.30. The second-order valence-corrected chi connectivity index (χ2v) is 7.60. The molecule has 0 saturated carbocycles. The summed E-state index contributed by atoms with van der Waals surface area (Å²) >= 11 is 0. The molecule has 0 bridgehead atoms. The van der Waals surface area contributed by atoms with Gasteiger partial charge in [-0.05, 0) is 46.5 Å². The number of nitriles is 1. The van der Waals surface area contributed by atoms with Crippen LogP contribution in [0.1, 0.15) is 30.9 Å². The van der Waals surface area contributed by atoms with E-state index in [1.54, 1.807) is 13.8 Å². The molecule has 0 fully saturated rings. The van der Waals surface area contributed by atoms with Gasteiger partial charge in [0.15, 0.2) is 5.41 Å². The predicted octanol–water partition coefficient (Wildman–Crippen LogP) is 6.22. The summed E-state index contributed by atoms with van der Waals surface area (Å²) in [7, 11) is 0. The van der Waals surface area contributed by atoms with Crippen LogP contribution < -0.4 is 0 Å². The molecule has 4 aromatic rings. The molecule has 0 saturated heterocycles. The third-order valence-corrected chi connectivity index (χ3v) is 5.78. The molecule has 0 aliphatic heterocycles. The van der Waals surface area contributed by atoms with Crippen LogP contribution in [0.3, 0.4) is 0 Å². The summed E-state index contributed by atoms with van der Waals surface area (Å²) in [6.07, 6.45) is 0. The molecular weight excluding hydrogens is 370 g/mol. The van der Waals surface area contributed by atoms with Crippen LogP contribution in [0.5, 0.6) is 0 Å². The summed E-state index contributed by atoms with van der Waals surface area (Å²) in [5.74, 6) is -0.989.